The van der Waals surface area contributed by atoms with Gasteiger partial charge in [0.15, 0.2) is 0 Å². The van der Waals surface area contributed by atoms with Crippen LogP contribution in [0.3, 0.4) is 0 Å². The highest BCUT2D eigenvalue weighted by Crippen LogP contribution is 2.69. The van der Waals surface area contributed by atoms with Gasteiger partial charge in [0, 0.05) is 6.92 Å². The van der Waals surface area contributed by atoms with E-state index in [0.717, 1.165) is 42.9 Å². The zero-order chi connectivity index (χ0) is 18.8. The van der Waals surface area contributed by atoms with Crippen LogP contribution in [0.15, 0.2) is 12.2 Å². The number of ether oxygens (including phenoxy) is 1. The fourth-order valence-electron chi connectivity index (χ4n) is 8.80. The van der Waals surface area contributed by atoms with Gasteiger partial charge in [-0.25, -0.2) is 0 Å². The quantitative estimate of drug-likeness (QED) is 0.527. The van der Waals surface area contributed by atoms with Crippen molar-refractivity contribution in [3.8, 4) is 0 Å². The summed E-state index contributed by atoms with van der Waals surface area (Å²) in [6.45, 7) is 4.11. The van der Waals surface area contributed by atoms with Crippen molar-refractivity contribution in [2.75, 3.05) is 0 Å². The third kappa shape index (κ3) is 2.59. The number of hydrogen-bond donors (Lipinski definition) is 1. The summed E-state index contributed by atoms with van der Waals surface area (Å²) < 4.78 is 5.60. The number of aliphatic hydroxyl groups excluding tert-OH is 1. The van der Waals surface area contributed by atoms with E-state index >= 15 is 0 Å². The van der Waals surface area contributed by atoms with Crippen molar-refractivity contribution in [1.82, 2.24) is 0 Å². The Balaban J connectivity index is 1.39. The van der Waals surface area contributed by atoms with E-state index in [1.165, 1.54) is 44.9 Å². The van der Waals surface area contributed by atoms with Gasteiger partial charge in [-0.2, -0.15) is 0 Å². The van der Waals surface area contributed by atoms with E-state index in [1.807, 2.05) is 0 Å². The highest BCUT2D eigenvalue weighted by atomic mass is 16.5. The first kappa shape index (κ1) is 18.2. The van der Waals surface area contributed by atoms with Gasteiger partial charge in [0.05, 0.1) is 6.10 Å². The van der Waals surface area contributed by atoms with Gasteiger partial charge in [0.25, 0.3) is 0 Å². The first-order valence-corrected chi connectivity index (χ1v) is 11.5. The zero-order valence-corrected chi connectivity index (χ0v) is 17.0. The first-order chi connectivity index (χ1) is 12.9. The lowest BCUT2D eigenvalue weighted by molar-refractivity contribution is -0.160. The average molecular weight is 373 g/mol. The monoisotopic (exact) mass is 372 g/mol. The molecule has 0 bridgehead atoms. The molecule has 0 unspecified atom stereocenters. The summed E-state index contributed by atoms with van der Waals surface area (Å²) in [6, 6.07) is 0. The van der Waals surface area contributed by atoms with Crippen LogP contribution in [-0.4, -0.2) is 23.3 Å². The Morgan fingerprint density at radius 3 is 2.67 bits per heavy atom. The second kappa shape index (κ2) is 6.34. The van der Waals surface area contributed by atoms with Crippen molar-refractivity contribution in [3.05, 3.63) is 12.2 Å². The van der Waals surface area contributed by atoms with Crippen LogP contribution in [0.5, 0.6) is 0 Å². The maximum atomic E-state index is 11.4. The zero-order valence-electron chi connectivity index (χ0n) is 17.0. The standard InChI is InChI=1S/C24H36O3/c1-15(25)27-17-9-12-23(2)16(14-17)5-6-18-19(23)10-13-24-11-3-4-22(26)21(24)8-7-20(18)24/h3,11,16-22,26H,4-10,12-14H2,1-2H3/t16-,17+,18+,19-,20-,21+,22-,23-,24+/m0/s1. The van der Waals surface area contributed by atoms with Gasteiger partial charge in [0.2, 0.25) is 0 Å². The van der Waals surface area contributed by atoms with E-state index in [4.69, 9.17) is 4.74 Å². The Morgan fingerprint density at radius 1 is 1.04 bits per heavy atom. The topological polar surface area (TPSA) is 46.5 Å². The van der Waals surface area contributed by atoms with Crippen LogP contribution < -0.4 is 0 Å². The molecule has 5 aliphatic rings. The van der Waals surface area contributed by atoms with E-state index in [2.05, 4.69) is 19.1 Å². The Bertz CT molecular complexity index is 642. The molecule has 150 valence electrons. The minimum atomic E-state index is -0.114. The molecule has 0 radical (unpaired) electrons. The second-order valence-electron chi connectivity index (χ2n) is 10.7. The van der Waals surface area contributed by atoms with Gasteiger partial charge >= 0.3 is 5.97 Å². The van der Waals surface area contributed by atoms with Crippen molar-refractivity contribution in [1.29, 1.82) is 0 Å². The molecule has 5 rings (SSSR count). The van der Waals surface area contributed by atoms with Crippen LogP contribution in [0.2, 0.25) is 0 Å². The third-order valence-electron chi connectivity index (χ3n) is 9.87. The Labute approximate surface area is 163 Å². The first-order valence-electron chi connectivity index (χ1n) is 11.5. The summed E-state index contributed by atoms with van der Waals surface area (Å²) >= 11 is 0. The second-order valence-corrected chi connectivity index (χ2v) is 10.7. The van der Waals surface area contributed by atoms with Crippen LogP contribution >= 0.6 is 0 Å². The normalized spacial score (nSPS) is 53.7. The van der Waals surface area contributed by atoms with Crippen molar-refractivity contribution < 1.29 is 14.6 Å². The minimum absolute atomic E-state index is 0.109. The fourth-order valence-corrected chi connectivity index (χ4v) is 8.80. The van der Waals surface area contributed by atoms with Crippen LogP contribution in [0.4, 0.5) is 0 Å². The van der Waals surface area contributed by atoms with Crippen LogP contribution in [0.1, 0.15) is 78.1 Å². The summed E-state index contributed by atoms with van der Waals surface area (Å²) in [5.41, 5.74) is 0.729. The third-order valence-corrected chi connectivity index (χ3v) is 9.87. The Hall–Kier alpha value is -0.830. The van der Waals surface area contributed by atoms with E-state index in [0.29, 0.717) is 16.7 Å². The number of esters is 1. The molecule has 5 aliphatic carbocycles. The number of fused-ring (bicyclic) bond motifs is 4. The number of hydrogen-bond acceptors (Lipinski definition) is 3. The minimum Gasteiger partial charge on any atom is -0.463 e. The Morgan fingerprint density at radius 2 is 1.85 bits per heavy atom. The van der Waals surface area contributed by atoms with Gasteiger partial charge in [0.1, 0.15) is 6.10 Å². The molecular formula is C24H36O3. The van der Waals surface area contributed by atoms with Crippen molar-refractivity contribution >= 4 is 5.97 Å². The molecule has 1 N–H and O–H groups in total. The van der Waals surface area contributed by atoms with Crippen LogP contribution in [0.25, 0.3) is 0 Å². The Kier molecular flexibility index (Phi) is 4.28. The van der Waals surface area contributed by atoms with Gasteiger partial charge in [-0.3, -0.25) is 4.79 Å². The van der Waals surface area contributed by atoms with E-state index in [9.17, 15) is 9.90 Å². The molecule has 0 aromatic rings. The molecular weight excluding hydrogens is 336 g/mol. The molecule has 0 heterocycles. The number of rotatable bonds is 1. The largest absolute Gasteiger partial charge is 0.463 e. The van der Waals surface area contributed by atoms with Crippen LogP contribution in [0, 0.1) is 40.4 Å². The predicted molar refractivity (Wildman–Crippen MR) is 105 cm³/mol. The van der Waals surface area contributed by atoms with E-state index in [1.54, 1.807) is 6.92 Å². The molecule has 0 amide bonds. The molecule has 0 aromatic heterocycles. The molecule has 4 fully saturated rings. The fraction of sp³-hybridized carbons (Fsp3) is 0.875. The lowest BCUT2D eigenvalue weighted by Gasteiger charge is -2.61. The maximum Gasteiger partial charge on any atom is 0.302 e. The van der Waals surface area contributed by atoms with Crippen LogP contribution in [-0.2, 0) is 9.53 Å². The van der Waals surface area contributed by atoms with Gasteiger partial charge < -0.3 is 9.84 Å². The van der Waals surface area contributed by atoms with Gasteiger partial charge in [-0.1, -0.05) is 19.1 Å². The summed E-state index contributed by atoms with van der Waals surface area (Å²) in [6.07, 6.45) is 16.9. The molecule has 9 atom stereocenters. The summed E-state index contributed by atoms with van der Waals surface area (Å²) in [7, 11) is 0. The van der Waals surface area contributed by atoms with Crippen molar-refractivity contribution in [3.63, 3.8) is 0 Å². The molecule has 0 aliphatic heterocycles. The SMILES string of the molecule is CC(=O)O[C@@H]1CC[C@@]2(C)[C@@H](CC[C@@H]3[C@@H]2CC[C@@]24C=CC[C@H](O)[C@H]2CC[C@@H]34)C1. The molecule has 0 saturated heterocycles. The van der Waals surface area contributed by atoms with Gasteiger partial charge in [-0.05, 0) is 105 Å². The maximum absolute atomic E-state index is 11.4. The number of aliphatic hydroxyl groups is 1. The van der Waals surface area contributed by atoms with E-state index in [-0.39, 0.29) is 18.2 Å². The smallest absolute Gasteiger partial charge is 0.302 e. The molecule has 3 nitrogen and oxygen atoms in total. The number of allylic oxidation sites excluding steroid dienone is 1. The van der Waals surface area contributed by atoms with E-state index < -0.39 is 0 Å². The lowest BCUT2D eigenvalue weighted by Crippen LogP contribution is -2.55. The number of carbonyl (C=O) groups excluding carboxylic acids is 1. The highest BCUT2D eigenvalue weighted by molar-refractivity contribution is 5.66. The molecule has 1 spiro atoms. The molecule has 3 heteroatoms. The van der Waals surface area contributed by atoms with Crippen molar-refractivity contribution in [2.45, 2.75) is 90.3 Å². The van der Waals surface area contributed by atoms with Gasteiger partial charge in [-0.15, -0.1) is 0 Å². The molecule has 4 saturated carbocycles. The predicted octanol–water partition coefficient (Wildman–Crippen LogP) is 4.88. The molecule has 0 aromatic carbocycles. The highest BCUT2D eigenvalue weighted by Gasteiger charge is 2.62. The summed E-state index contributed by atoms with van der Waals surface area (Å²) in [4.78, 5) is 11.4. The number of carbonyl (C=O) groups is 1. The van der Waals surface area contributed by atoms with Crippen molar-refractivity contribution in [2.24, 2.45) is 40.4 Å². The summed E-state index contributed by atoms with van der Waals surface area (Å²) in [5.74, 6) is 3.57. The molecule has 27 heavy (non-hydrogen) atoms. The summed E-state index contributed by atoms with van der Waals surface area (Å²) in [5, 5.41) is 10.7. The lowest BCUT2D eigenvalue weighted by atomic mass is 9.44. The average Bonchev–Trinajstić information content (AvgIpc) is 3.03.